The van der Waals surface area contributed by atoms with Gasteiger partial charge in [-0.15, -0.1) is 0 Å². The van der Waals surface area contributed by atoms with Crippen molar-refractivity contribution in [2.75, 3.05) is 6.54 Å². The second kappa shape index (κ2) is 9.54. The molecule has 0 aliphatic heterocycles. The van der Waals surface area contributed by atoms with Crippen LogP contribution in [0.5, 0.6) is 0 Å². The van der Waals surface area contributed by atoms with E-state index in [2.05, 4.69) is 36.7 Å². The number of hydrogen-bond donors (Lipinski definition) is 5. The number of aliphatic carboxylic acids is 1. The van der Waals surface area contributed by atoms with Gasteiger partial charge in [0.25, 0.3) is 0 Å². The van der Waals surface area contributed by atoms with E-state index in [1.54, 1.807) is 0 Å². The number of nitrogens with one attached hydrogen (secondary N) is 3. The van der Waals surface area contributed by atoms with Crippen LogP contribution in [-0.4, -0.2) is 47.7 Å². The fourth-order valence-electron chi connectivity index (χ4n) is 5.31. The largest absolute Gasteiger partial charge is 0.480 e. The van der Waals surface area contributed by atoms with Crippen LogP contribution in [0.3, 0.4) is 0 Å². The van der Waals surface area contributed by atoms with Crippen LogP contribution in [0.25, 0.3) is 0 Å². The Bertz CT molecular complexity index is 651. The lowest BCUT2D eigenvalue weighted by Gasteiger charge is -2.40. The second-order valence-electron chi connectivity index (χ2n) is 10.2. The third-order valence-electron chi connectivity index (χ3n) is 7.90. The van der Waals surface area contributed by atoms with Gasteiger partial charge in [0, 0.05) is 6.04 Å². The van der Waals surface area contributed by atoms with Crippen molar-refractivity contribution >= 4 is 17.9 Å². The van der Waals surface area contributed by atoms with Crippen LogP contribution in [0.15, 0.2) is 0 Å². The zero-order valence-electron chi connectivity index (χ0n) is 19.1. The molecular weight excluding hydrogens is 384 g/mol. The number of carbonyl (C=O) groups excluding carboxylic acids is 2. The fourth-order valence-corrected chi connectivity index (χ4v) is 5.31. The smallest absolute Gasteiger partial charge is 0.326 e. The number of carboxylic acids is 1. The van der Waals surface area contributed by atoms with Gasteiger partial charge in [-0.2, -0.15) is 0 Å². The zero-order valence-corrected chi connectivity index (χ0v) is 19.1. The summed E-state index contributed by atoms with van der Waals surface area (Å²) in [7, 11) is 0. The second-order valence-corrected chi connectivity index (χ2v) is 10.2. The van der Waals surface area contributed by atoms with Crippen LogP contribution in [0, 0.1) is 22.7 Å². The molecule has 0 radical (unpaired) electrons. The topological polar surface area (TPSA) is 134 Å². The Hall–Kier alpha value is -1.83. The Balaban J connectivity index is 1.97. The predicted octanol–water partition coefficient (Wildman–Crippen LogP) is 2.22. The van der Waals surface area contributed by atoms with E-state index in [4.69, 9.17) is 5.73 Å². The van der Waals surface area contributed by atoms with E-state index >= 15 is 0 Å². The Morgan fingerprint density at radius 1 is 1.13 bits per heavy atom. The average Bonchev–Trinajstić information content (AvgIpc) is 2.98. The lowest BCUT2D eigenvalue weighted by molar-refractivity contribution is -0.139. The van der Waals surface area contributed by atoms with Crippen molar-refractivity contribution in [3.8, 4) is 0 Å². The SMILES string of the molecule is CC(C)[C@@H](NC(=O)N[C@@H](CCCCN)C(=O)O)C(=O)N[C@H]1C[C@H]2CC[C@]1(C)C2(C)C. The van der Waals surface area contributed by atoms with Crippen LogP contribution in [0.2, 0.25) is 0 Å². The van der Waals surface area contributed by atoms with Crippen molar-refractivity contribution < 1.29 is 19.5 Å². The van der Waals surface area contributed by atoms with Gasteiger partial charge in [-0.25, -0.2) is 9.59 Å². The Labute approximate surface area is 180 Å². The molecule has 0 aromatic carbocycles. The molecule has 2 fully saturated rings. The van der Waals surface area contributed by atoms with Crippen LogP contribution in [0.1, 0.15) is 73.1 Å². The minimum atomic E-state index is -1.09. The zero-order chi connectivity index (χ0) is 22.7. The van der Waals surface area contributed by atoms with Crippen molar-refractivity contribution in [2.24, 2.45) is 28.4 Å². The molecule has 8 nitrogen and oxygen atoms in total. The number of carbonyl (C=O) groups is 3. The molecule has 0 spiro atoms. The van der Waals surface area contributed by atoms with Crippen molar-refractivity contribution in [2.45, 2.75) is 91.3 Å². The number of unbranched alkanes of at least 4 members (excludes halogenated alkanes) is 1. The summed E-state index contributed by atoms with van der Waals surface area (Å²) >= 11 is 0. The molecule has 0 saturated heterocycles. The third-order valence-corrected chi connectivity index (χ3v) is 7.90. The summed E-state index contributed by atoms with van der Waals surface area (Å²) < 4.78 is 0. The minimum Gasteiger partial charge on any atom is -0.480 e. The Kier molecular flexibility index (Phi) is 7.77. The molecule has 2 aliphatic rings. The number of rotatable bonds is 10. The number of fused-ring (bicyclic) bond motifs is 2. The van der Waals surface area contributed by atoms with Crippen LogP contribution in [-0.2, 0) is 9.59 Å². The maximum absolute atomic E-state index is 13.1. The Morgan fingerprint density at radius 3 is 2.27 bits per heavy atom. The molecule has 2 rings (SSSR count). The highest BCUT2D eigenvalue weighted by atomic mass is 16.4. The normalized spacial score (nSPS) is 28.8. The van der Waals surface area contributed by atoms with Gasteiger partial charge in [0.05, 0.1) is 0 Å². The molecule has 0 unspecified atom stereocenters. The van der Waals surface area contributed by atoms with E-state index in [1.807, 2.05) is 13.8 Å². The van der Waals surface area contributed by atoms with Crippen molar-refractivity contribution in [1.29, 1.82) is 0 Å². The quantitative estimate of drug-likeness (QED) is 0.343. The molecule has 172 valence electrons. The van der Waals surface area contributed by atoms with E-state index in [1.165, 1.54) is 6.42 Å². The third kappa shape index (κ3) is 4.90. The Morgan fingerprint density at radius 2 is 1.80 bits per heavy atom. The first-order valence-electron chi connectivity index (χ1n) is 11.2. The van der Waals surface area contributed by atoms with Gasteiger partial charge < -0.3 is 26.8 Å². The number of urea groups is 1. The highest BCUT2D eigenvalue weighted by Crippen LogP contribution is 2.65. The van der Waals surface area contributed by atoms with Gasteiger partial charge in [0.15, 0.2) is 0 Å². The van der Waals surface area contributed by atoms with Crippen molar-refractivity contribution in [3.05, 3.63) is 0 Å². The van der Waals surface area contributed by atoms with E-state index in [0.717, 1.165) is 12.8 Å². The molecular formula is C22H40N4O4. The summed E-state index contributed by atoms with van der Waals surface area (Å²) in [5.74, 6) is -0.823. The van der Waals surface area contributed by atoms with E-state index in [9.17, 15) is 19.5 Å². The molecule has 30 heavy (non-hydrogen) atoms. The van der Waals surface area contributed by atoms with Gasteiger partial charge in [0.2, 0.25) is 5.91 Å². The minimum absolute atomic E-state index is 0.0501. The lowest BCUT2D eigenvalue weighted by atomic mass is 9.69. The molecule has 0 heterocycles. The van der Waals surface area contributed by atoms with Crippen LogP contribution >= 0.6 is 0 Å². The maximum Gasteiger partial charge on any atom is 0.326 e. The van der Waals surface area contributed by atoms with E-state index in [0.29, 0.717) is 31.7 Å². The maximum atomic E-state index is 13.1. The summed E-state index contributed by atoms with van der Waals surface area (Å²) in [6.07, 6.45) is 4.87. The van der Waals surface area contributed by atoms with Crippen molar-refractivity contribution in [3.63, 3.8) is 0 Å². The number of nitrogens with two attached hydrogens (primary N) is 1. The van der Waals surface area contributed by atoms with Crippen molar-refractivity contribution in [1.82, 2.24) is 16.0 Å². The first-order valence-corrected chi connectivity index (χ1v) is 11.2. The summed E-state index contributed by atoms with van der Waals surface area (Å²) in [5, 5.41) is 17.7. The summed E-state index contributed by atoms with van der Waals surface area (Å²) in [5.41, 5.74) is 5.68. The molecule has 0 aromatic heterocycles. The van der Waals surface area contributed by atoms with E-state index in [-0.39, 0.29) is 28.7 Å². The molecule has 2 aliphatic carbocycles. The fraction of sp³-hybridized carbons (Fsp3) is 0.864. The van der Waals surface area contributed by atoms with E-state index < -0.39 is 24.1 Å². The van der Waals surface area contributed by atoms with Gasteiger partial charge in [-0.05, 0) is 67.7 Å². The van der Waals surface area contributed by atoms with Crippen LogP contribution < -0.4 is 21.7 Å². The molecule has 2 bridgehead atoms. The van der Waals surface area contributed by atoms with Gasteiger partial charge in [-0.3, -0.25) is 4.79 Å². The number of amides is 3. The van der Waals surface area contributed by atoms with Gasteiger partial charge >= 0.3 is 12.0 Å². The van der Waals surface area contributed by atoms with Gasteiger partial charge in [-0.1, -0.05) is 34.6 Å². The highest BCUT2D eigenvalue weighted by molar-refractivity contribution is 5.89. The number of hydrogen-bond acceptors (Lipinski definition) is 4. The standard InChI is InChI=1S/C22H40N4O4/c1-13(2)17(26-20(30)24-15(19(28)29)8-6-7-11-23)18(27)25-16-12-14-9-10-22(16,5)21(14,3)4/h13-17H,6-12,23H2,1-5H3,(H,25,27)(H,28,29)(H2,24,26,30)/t14-,15+,16+,17-,22+/m1/s1. The van der Waals surface area contributed by atoms with Gasteiger partial charge in [0.1, 0.15) is 12.1 Å². The molecule has 2 saturated carbocycles. The molecule has 6 N–H and O–H groups in total. The molecule has 8 heteroatoms. The van der Waals surface area contributed by atoms with Crippen LogP contribution in [0.4, 0.5) is 4.79 Å². The first kappa shape index (κ1) is 24.4. The molecule has 3 amide bonds. The summed E-state index contributed by atoms with van der Waals surface area (Å²) in [6.45, 7) is 11.1. The monoisotopic (exact) mass is 424 g/mol. The lowest BCUT2D eigenvalue weighted by Crippen LogP contribution is -2.58. The highest BCUT2D eigenvalue weighted by Gasteiger charge is 2.61. The molecule has 0 aromatic rings. The summed E-state index contributed by atoms with van der Waals surface area (Å²) in [6, 6.07) is -2.27. The summed E-state index contributed by atoms with van der Waals surface area (Å²) in [4.78, 5) is 36.9. The number of carboxylic acid groups (broad SMARTS) is 1. The average molecular weight is 425 g/mol. The predicted molar refractivity (Wildman–Crippen MR) is 116 cm³/mol. The first-order chi connectivity index (χ1) is 13.9. The molecule has 5 atom stereocenters.